The number of fused-ring (bicyclic) bond motifs is 1. The molecule has 2 heterocycles. The summed E-state index contributed by atoms with van der Waals surface area (Å²) in [6.07, 6.45) is 0.809. The standard InChI is InChI=1S/C18H22N2O4S/c1-11-12(2)24-18(19-11)25-10-17(21)20-6-5-13-7-15(22-3)16(23-4)8-14(13)9-20/h7-8H,5-6,9-10H2,1-4H3. The third kappa shape index (κ3) is 3.76. The smallest absolute Gasteiger partial charge is 0.256 e. The van der Waals surface area contributed by atoms with E-state index in [4.69, 9.17) is 13.9 Å². The second kappa shape index (κ2) is 7.39. The number of amides is 1. The molecule has 0 bridgehead atoms. The highest BCUT2D eigenvalue weighted by Gasteiger charge is 2.23. The number of ether oxygens (including phenoxy) is 2. The number of benzene rings is 1. The number of aromatic nitrogens is 1. The number of nitrogens with zero attached hydrogens (tertiary/aromatic N) is 2. The van der Waals surface area contributed by atoms with Crippen molar-refractivity contribution in [2.75, 3.05) is 26.5 Å². The fourth-order valence-corrected chi connectivity index (χ4v) is 3.63. The molecule has 25 heavy (non-hydrogen) atoms. The minimum absolute atomic E-state index is 0.0824. The summed E-state index contributed by atoms with van der Waals surface area (Å²) >= 11 is 1.34. The van der Waals surface area contributed by atoms with Gasteiger partial charge in [-0.05, 0) is 43.5 Å². The molecule has 0 radical (unpaired) electrons. The van der Waals surface area contributed by atoms with Crippen LogP contribution >= 0.6 is 11.8 Å². The van der Waals surface area contributed by atoms with E-state index in [0.717, 1.165) is 29.2 Å². The molecule has 0 N–H and O–H groups in total. The molecule has 2 aromatic rings. The van der Waals surface area contributed by atoms with Crippen molar-refractivity contribution in [2.45, 2.75) is 32.0 Å². The average molecular weight is 362 g/mol. The molecule has 6 nitrogen and oxygen atoms in total. The van der Waals surface area contributed by atoms with E-state index in [1.165, 1.54) is 17.3 Å². The molecular weight excluding hydrogens is 340 g/mol. The second-order valence-electron chi connectivity index (χ2n) is 5.95. The van der Waals surface area contributed by atoms with Gasteiger partial charge in [-0.25, -0.2) is 4.98 Å². The first-order chi connectivity index (χ1) is 12.0. The summed E-state index contributed by atoms with van der Waals surface area (Å²) in [4.78, 5) is 18.7. The highest BCUT2D eigenvalue weighted by atomic mass is 32.2. The van der Waals surface area contributed by atoms with Crippen molar-refractivity contribution in [2.24, 2.45) is 0 Å². The molecule has 134 valence electrons. The Hall–Kier alpha value is -2.15. The van der Waals surface area contributed by atoms with E-state index in [1.54, 1.807) is 14.2 Å². The zero-order chi connectivity index (χ0) is 18.0. The Morgan fingerprint density at radius 1 is 1.24 bits per heavy atom. The normalized spacial score (nSPS) is 13.5. The first-order valence-corrected chi connectivity index (χ1v) is 9.08. The van der Waals surface area contributed by atoms with Crippen LogP contribution in [0.15, 0.2) is 21.8 Å². The zero-order valence-corrected chi connectivity index (χ0v) is 15.7. The maximum Gasteiger partial charge on any atom is 0.256 e. The summed E-state index contributed by atoms with van der Waals surface area (Å²) in [5.74, 6) is 2.62. The molecular formula is C18H22N2O4S. The Morgan fingerprint density at radius 2 is 1.92 bits per heavy atom. The van der Waals surface area contributed by atoms with Gasteiger partial charge in [-0.2, -0.15) is 0 Å². The lowest BCUT2D eigenvalue weighted by atomic mass is 9.99. The predicted octanol–water partition coefficient (Wildman–Crippen LogP) is 2.99. The highest BCUT2D eigenvalue weighted by molar-refractivity contribution is 7.99. The lowest BCUT2D eigenvalue weighted by Gasteiger charge is -2.29. The Bertz CT molecular complexity index is 768. The van der Waals surface area contributed by atoms with Crippen molar-refractivity contribution in [1.82, 2.24) is 9.88 Å². The van der Waals surface area contributed by atoms with Gasteiger partial charge in [0.15, 0.2) is 11.5 Å². The predicted molar refractivity (Wildman–Crippen MR) is 95.4 cm³/mol. The van der Waals surface area contributed by atoms with Gasteiger partial charge in [0.2, 0.25) is 5.91 Å². The van der Waals surface area contributed by atoms with Gasteiger partial charge >= 0.3 is 0 Å². The molecule has 0 saturated carbocycles. The summed E-state index contributed by atoms with van der Waals surface area (Å²) in [7, 11) is 3.25. The molecule has 1 aliphatic heterocycles. The van der Waals surface area contributed by atoms with Gasteiger partial charge in [-0.3, -0.25) is 4.79 Å². The Kier molecular flexibility index (Phi) is 5.22. The van der Waals surface area contributed by atoms with Crippen molar-refractivity contribution >= 4 is 17.7 Å². The highest BCUT2D eigenvalue weighted by Crippen LogP contribution is 2.33. The van der Waals surface area contributed by atoms with E-state index in [2.05, 4.69) is 4.98 Å². The van der Waals surface area contributed by atoms with E-state index in [0.29, 0.717) is 29.8 Å². The first-order valence-electron chi connectivity index (χ1n) is 8.10. The number of methoxy groups -OCH3 is 2. The molecule has 1 aromatic carbocycles. The second-order valence-corrected chi connectivity index (χ2v) is 6.88. The summed E-state index contributed by atoms with van der Waals surface area (Å²) in [6.45, 7) is 5.05. The molecule has 7 heteroatoms. The SMILES string of the molecule is COc1cc2c(cc1OC)CN(C(=O)CSc1nc(C)c(C)o1)CC2. The number of hydrogen-bond donors (Lipinski definition) is 0. The third-order valence-corrected chi connectivity index (χ3v) is 5.21. The largest absolute Gasteiger partial charge is 0.493 e. The Balaban J connectivity index is 1.66. The molecule has 0 fully saturated rings. The molecule has 1 aromatic heterocycles. The fraction of sp³-hybridized carbons (Fsp3) is 0.444. The van der Waals surface area contributed by atoms with Crippen molar-refractivity contribution in [3.05, 3.63) is 34.7 Å². The van der Waals surface area contributed by atoms with Gasteiger partial charge in [-0.1, -0.05) is 11.8 Å². The summed E-state index contributed by atoms with van der Waals surface area (Å²) in [6, 6.07) is 3.96. The van der Waals surface area contributed by atoms with Crippen LogP contribution in [0, 0.1) is 13.8 Å². The van der Waals surface area contributed by atoms with Crippen LogP contribution in [-0.4, -0.2) is 42.3 Å². The van der Waals surface area contributed by atoms with Crippen LogP contribution in [0.5, 0.6) is 11.5 Å². The number of carbonyl (C=O) groups excluding carboxylic acids is 1. The summed E-state index contributed by atoms with van der Waals surface area (Å²) < 4.78 is 16.2. The monoisotopic (exact) mass is 362 g/mol. The molecule has 0 unspecified atom stereocenters. The van der Waals surface area contributed by atoms with Crippen molar-refractivity contribution in [1.29, 1.82) is 0 Å². The topological polar surface area (TPSA) is 64.8 Å². The van der Waals surface area contributed by atoms with Crippen LogP contribution < -0.4 is 9.47 Å². The zero-order valence-electron chi connectivity index (χ0n) is 14.9. The van der Waals surface area contributed by atoms with Gasteiger partial charge in [0.25, 0.3) is 5.22 Å². The van der Waals surface area contributed by atoms with Gasteiger partial charge in [0.1, 0.15) is 5.76 Å². The van der Waals surface area contributed by atoms with E-state index in [9.17, 15) is 4.79 Å². The van der Waals surface area contributed by atoms with Crippen LogP contribution in [0.4, 0.5) is 0 Å². The van der Waals surface area contributed by atoms with Crippen molar-refractivity contribution in [3.8, 4) is 11.5 Å². The lowest BCUT2D eigenvalue weighted by molar-refractivity contribution is -0.129. The van der Waals surface area contributed by atoms with E-state index in [-0.39, 0.29) is 5.91 Å². The van der Waals surface area contributed by atoms with Crippen LogP contribution in [0.3, 0.4) is 0 Å². The van der Waals surface area contributed by atoms with Gasteiger partial charge < -0.3 is 18.8 Å². The number of aryl methyl sites for hydroxylation is 2. The minimum atomic E-state index is 0.0824. The van der Waals surface area contributed by atoms with Crippen LogP contribution in [-0.2, 0) is 17.8 Å². The average Bonchev–Trinajstić information content (AvgIpc) is 2.95. The van der Waals surface area contributed by atoms with E-state index >= 15 is 0 Å². The van der Waals surface area contributed by atoms with E-state index in [1.807, 2.05) is 30.9 Å². The number of rotatable bonds is 5. The quantitative estimate of drug-likeness (QED) is 0.762. The van der Waals surface area contributed by atoms with Gasteiger partial charge in [-0.15, -0.1) is 0 Å². The summed E-state index contributed by atoms with van der Waals surface area (Å²) in [5, 5.41) is 0.548. The molecule has 0 atom stereocenters. The van der Waals surface area contributed by atoms with Gasteiger partial charge in [0, 0.05) is 13.1 Å². The fourth-order valence-electron chi connectivity index (χ4n) is 2.82. The lowest BCUT2D eigenvalue weighted by Crippen LogP contribution is -2.37. The van der Waals surface area contributed by atoms with Crippen LogP contribution in [0.2, 0.25) is 0 Å². The maximum absolute atomic E-state index is 12.5. The number of thioether (sulfide) groups is 1. The van der Waals surface area contributed by atoms with Crippen molar-refractivity contribution < 1.29 is 18.7 Å². The Morgan fingerprint density at radius 3 is 2.52 bits per heavy atom. The molecule has 0 spiro atoms. The van der Waals surface area contributed by atoms with Crippen LogP contribution in [0.25, 0.3) is 0 Å². The maximum atomic E-state index is 12.5. The number of oxazole rings is 1. The van der Waals surface area contributed by atoms with Crippen molar-refractivity contribution in [3.63, 3.8) is 0 Å². The third-order valence-electron chi connectivity index (χ3n) is 4.40. The van der Waals surface area contributed by atoms with E-state index < -0.39 is 0 Å². The minimum Gasteiger partial charge on any atom is -0.493 e. The molecule has 0 saturated heterocycles. The summed E-state index contributed by atoms with van der Waals surface area (Å²) in [5.41, 5.74) is 3.17. The molecule has 1 aliphatic rings. The molecule has 3 rings (SSSR count). The first kappa shape index (κ1) is 17.7. The molecule has 0 aliphatic carbocycles. The Labute approximate surface area is 151 Å². The van der Waals surface area contributed by atoms with Crippen LogP contribution in [0.1, 0.15) is 22.6 Å². The molecule has 1 amide bonds. The number of carbonyl (C=O) groups is 1. The number of hydrogen-bond acceptors (Lipinski definition) is 6. The van der Waals surface area contributed by atoms with Gasteiger partial charge in [0.05, 0.1) is 25.7 Å².